The van der Waals surface area contributed by atoms with Gasteiger partial charge in [0.05, 0.1) is 5.69 Å². The van der Waals surface area contributed by atoms with Crippen LogP contribution in [0.5, 0.6) is 5.75 Å². The second kappa shape index (κ2) is 6.23. The molecule has 0 aliphatic heterocycles. The molecule has 7 heteroatoms. The SMILES string of the molecule is CC(C)(C)OC(=O)Nc1ccc(F)cc1OCC(=O)O. The summed E-state index contributed by atoms with van der Waals surface area (Å²) < 4.78 is 23.0. The Labute approximate surface area is 115 Å². The topological polar surface area (TPSA) is 84.9 Å². The summed E-state index contributed by atoms with van der Waals surface area (Å²) in [6, 6.07) is 3.35. The highest BCUT2D eigenvalue weighted by Crippen LogP contribution is 2.26. The van der Waals surface area contributed by atoms with Crippen LogP contribution in [0.4, 0.5) is 14.9 Å². The summed E-state index contributed by atoms with van der Waals surface area (Å²) in [6.07, 6.45) is -0.746. The summed E-state index contributed by atoms with van der Waals surface area (Å²) in [5.41, 5.74) is -0.562. The van der Waals surface area contributed by atoms with Crippen LogP contribution in [0.3, 0.4) is 0 Å². The van der Waals surface area contributed by atoms with Crippen molar-refractivity contribution in [2.75, 3.05) is 11.9 Å². The van der Waals surface area contributed by atoms with E-state index < -0.39 is 30.1 Å². The number of hydrogen-bond donors (Lipinski definition) is 2. The van der Waals surface area contributed by atoms with Gasteiger partial charge in [-0.25, -0.2) is 14.0 Å². The zero-order valence-corrected chi connectivity index (χ0v) is 11.4. The van der Waals surface area contributed by atoms with Gasteiger partial charge in [-0.2, -0.15) is 0 Å². The smallest absolute Gasteiger partial charge is 0.412 e. The molecule has 0 spiro atoms. The van der Waals surface area contributed by atoms with Gasteiger partial charge < -0.3 is 14.6 Å². The number of benzene rings is 1. The monoisotopic (exact) mass is 285 g/mol. The first-order valence-corrected chi connectivity index (χ1v) is 5.81. The van der Waals surface area contributed by atoms with Crippen molar-refractivity contribution in [2.45, 2.75) is 26.4 Å². The van der Waals surface area contributed by atoms with Crippen LogP contribution in [0.1, 0.15) is 20.8 Å². The van der Waals surface area contributed by atoms with Crippen LogP contribution in [0.2, 0.25) is 0 Å². The summed E-state index contributed by atoms with van der Waals surface area (Å²) in [5, 5.41) is 10.9. The van der Waals surface area contributed by atoms with Crippen LogP contribution >= 0.6 is 0 Å². The Morgan fingerprint density at radius 1 is 1.35 bits per heavy atom. The Kier molecular flexibility index (Phi) is 4.90. The van der Waals surface area contributed by atoms with Crippen LogP contribution in [-0.2, 0) is 9.53 Å². The van der Waals surface area contributed by atoms with E-state index in [4.69, 9.17) is 14.6 Å². The number of amides is 1. The van der Waals surface area contributed by atoms with E-state index in [-0.39, 0.29) is 11.4 Å². The third-order valence-electron chi connectivity index (χ3n) is 1.93. The van der Waals surface area contributed by atoms with Gasteiger partial charge in [-0.1, -0.05) is 0 Å². The predicted molar refractivity (Wildman–Crippen MR) is 69.4 cm³/mol. The second-order valence-corrected chi connectivity index (χ2v) is 4.95. The first-order chi connectivity index (χ1) is 9.17. The maximum Gasteiger partial charge on any atom is 0.412 e. The minimum absolute atomic E-state index is 0.0849. The fourth-order valence-corrected chi connectivity index (χ4v) is 1.27. The van der Waals surface area contributed by atoms with E-state index in [1.54, 1.807) is 20.8 Å². The van der Waals surface area contributed by atoms with Crippen LogP contribution < -0.4 is 10.1 Å². The molecule has 2 N–H and O–H groups in total. The molecule has 1 amide bonds. The number of anilines is 1. The molecule has 0 saturated heterocycles. The Morgan fingerprint density at radius 2 is 2.00 bits per heavy atom. The number of hydrogen-bond acceptors (Lipinski definition) is 4. The van der Waals surface area contributed by atoms with Gasteiger partial charge in [-0.15, -0.1) is 0 Å². The molecule has 0 aromatic heterocycles. The molecule has 0 heterocycles. The molecule has 1 rings (SSSR count). The highest BCUT2D eigenvalue weighted by Gasteiger charge is 2.18. The minimum Gasteiger partial charge on any atom is -0.480 e. The maximum absolute atomic E-state index is 13.1. The summed E-state index contributed by atoms with van der Waals surface area (Å²) >= 11 is 0. The number of nitrogens with one attached hydrogen (secondary N) is 1. The minimum atomic E-state index is -1.21. The summed E-state index contributed by atoms with van der Waals surface area (Å²) in [4.78, 5) is 22.1. The molecule has 0 fully saturated rings. The Morgan fingerprint density at radius 3 is 2.55 bits per heavy atom. The highest BCUT2D eigenvalue weighted by atomic mass is 19.1. The van der Waals surface area contributed by atoms with E-state index in [1.165, 1.54) is 6.07 Å². The molecule has 0 bridgehead atoms. The van der Waals surface area contributed by atoms with Gasteiger partial charge in [0, 0.05) is 6.07 Å². The molecule has 0 atom stereocenters. The third-order valence-corrected chi connectivity index (χ3v) is 1.93. The lowest BCUT2D eigenvalue weighted by molar-refractivity contribution is -0.139. The van der Waals surface area contributed by atoms with E-state index >= 15 is 0 Å². The molecular weight excluding hydrogens is 269 g/mol. The summed E-state index contributed by atoms with van der Waals surface area (Å²) in [7, 11) is 0. The average molecular weight is 285 g/mol. The standard InChI is InChI=1S/C13H16FNO5/c1-13(2,3)20-12(18)15-9-5-4-8(14)6-10(9)19-7-11(16)17/h4-6H,7H2,1-3H3,(H,15,18)(H,16,17). The van der Waals surface area contributed by atoms with Gasteiger partial charge in [-0.05, 0) is 32.9 Å². The van der Waals surface area contributed by atoms with Crippen LogP contribution in [0.15, 0.2) is 18.2 Å². The van der Waals surface area contributed by atoms with Gasteiger partial charge in [-0.3, -0.25) is 5.32 Å². The quantitative estimate of drug-likeness (QED) is 0.888. The molecule has 1 aromatic carbocycles. The van der Waals surface area contributed by atoms with Crippen molar-refractivity contribution in [3.05, 3.63) is 24.0 Å². The lowest BCUT2D eigenvalue weighted by atomic mass is 10.2. The van der Waals surface area contributed by atoms with E-state index in [2.05, 4.69) is 5.32 Å². The third kappa shape index (κ3) is 5.55. The predicted octanol–water partition coefficient (Wildman–Crippen LogP) is 2.64. The van der Waals surface area contributed by atoms with Crippen LogP contribution in [0.25, 0.3) is 0 Å². The number of aliphatic carboxylic acids is 1. The zero-order chi connectivity index (χ0) is 15.3. The van der Waals surface area contributed by atoms with Gasteiger partial charge in [0.25, 0.3) is 0 Å². The fraction of sp³-hybridized carbons (Fsp3) is 0.385. The van der Waals surface area contributed by atoms with Crippen LogP contribution in [0, 0.1) is 5.82 Å². The van der Waals surface area contributed by atoms with Crippen LogP contribution in [-0.4, -0.2) is 29.4 Å². The highest BCUT2D eigenvalue weighted by molar-refractivity contribution is 5.87. The van der Waals surface area contributed by atoms with E-state index in [9.17, 15) is 14.0 Å². The largest absolute Gasteiger partial charge is 0.480 e. The van der Waals surface area contributed by atoms with Crippen molar-refractivity contribution >= 4 is 17.7 Å². The zero-order valence-electron chi connectivity index (χ0n) is 11.4. The molecule has 0 aliphatic rings. The summed E-state index contributed by atoms with van der Waals surface area (Å²) in [6.45, 7) is 4.43. The van der Waals surface area contributed by atoms with Gasteiger partial charge >= 0.3 is 12.1 Å². The van der Waals surface area contributed by atoms with E-state index in [1.807, 2.05) is 0 Å². The van der Waals surface area contributed by atoms with Crippen molar-refractivity contribution < 1.29 is 28.6 Å². The Balaban J connectivity index is 2.83. The number of rotatable bonds is 4. The first-order valence-electron chi connectivity index (χ1n) is 5.81. The molecular formula is C13H16FNO5. The van der Waals surface area contributed by atoms with Crippen molar-refractivity contribution in [1.29, 1.82) is 0 Å². The Bertz CT molecular complexity index is 510. The molecule has 1 aromatic rings. The molecule has 0 saturated carbocycles. The van der Waals surface area contributed by atoms with Crippen molar-refractivity contribution in [1.82, 2.24) is 0 Å². The van der Waals surface area contributed by atoms with Crippen molar-refractivity contribution in [3.63, 3.8) is 0 Å². The molecule has 110 valence electrons. The molecule has 0 aliphatic carbocycles. The lowest BCUT2D eigenvalue weighted by Crippen LogP contribution is -2.27. The number of carbonyl (C=O) groups is 2. The van der Waals surface area contributed by atoms with Crippen molar-refractivity contribution in [2.24, 2.45) is 0 Å². The molecule has 6 nitrogen and oxygen atoms in total. The van der Waals surface area contributed by atoms with Gasteiger partial charge in [0.15, 0.2) is 6.61 Å². The maximum atomic E-state index is 13.1. The fourth-order valence-electron chi connectivity index (χ4n) is 1.27. The average Bonchev–Trinajstić information content (AvgIpc) is 2.26. The molecule has 0 radical (unpaired) electrons. The summed E-state index contributed by atoms with van der Waals surface area (Å²) in [5.74, 6) is -1.91. The van der Waals surface area contributed by atoms with Gasteiger partial charge in [0.1, 0.15) is 17.2 Å². The second-order valence-electron chi connectivity index (χ2n) is 4.95. The Hall–Kier alpha value is -2.31. The van der Waals surface area contributed by atoms with E-state index in [0.717, 1.165) is 12.1 Å². The lowest BCUT2D eigenvalue weighted by Gasteiger charge is -2.20. The number of carbonyl (C=O) groups excluding carboxylic acids is 1. The number of carboxylic acid groups (broad SMARTS) is 1. The molecule has 20 heavy (non-hydrogen) atoms. The first kappa shape index (κ1) is 15.7. The van der Waals surface area contributed by atoms with E-state index in [0.29, 0.717) is 0 Å². The molecule has 0 unspecified atom stereocenters. The number of halogens is 1. The van der Waals surface area contributed by atoms with Gasteiger partial charge in [0.2, 0.25) is 0 Å². The number of carboxylic acids is 1. The number of ether oxygens (including phenoxy) is 2. The normalized spacial score (nSPS) is 10.8. The van der Waals surface area contributed by atoms with Crippen molar-refractivity contribution in [3.8, 4) is 5.75 Å².